The molecule has 2 atom stereocenters. The predicted octanol–water partition coefficient (Wildman–Crippen LogP) is 0.871. The van der Waals surface area contributed by atoms with Gasteiger partial charge in [0.1, 0.15) is 0 Å². The molecule has 1 aliphatic rings. The average Bonchev–Trinajstić information content (AvgIpc) is 2.17. The fraction of sp³-hybridized carbons (Fsp3) is 1.00. The third-order valence-electron chi connectivity index (χ3n) is 1.18. The molecule has 0 aromatic heterocycles. The Morgan fingerprint density at radius 3 is 2.20 bits per heavy atom. The number of aliphatic hydroxyl groups excluding tert-OH is 2. The summed E-state index contributed by atoms with van der Waals surface area (Å²) in [7, 11) is 0. The molecule has 62 valence electrons. The Morgan fingerprint density at radius 1 is 1.60 bits per heavy atom. The lowest BCUT2D eigenvalue weighted by molar-refractivity contribution is 0.197. The lowest BCUT2D eigenvalue weighted by Gasteiger charge is -1.94. The summed E-state index contributed by atoms with van der Waals surface area (Å²) in [4.78, 5) is 0. The normalized spacial score (nSPS) is 31.2. The minimum absolute atomic E-state index is 0.0139. The molecule has 0 radical (unpaired) electrons. The summed E-state index contributed by atoms with van der Waals surface area (Å²) in [6, 6.07) is 0. The third-order valence-corrected chi connectivity index (χ3v) is 2.52. The summed E-state index contributed by atoms with van der Waals surface area (Å²) in [5.41, 5.74) is 0. The van der Waals surface area contributed by atoms with Gasteiger partial charge >= 0.3 is 0 Å². The van der Waals surface area contributed by atoms with Crippen molar-refractivity contribution in [2.45, 2.75) is 31.6 Å². The van der Waals surface area contributed by atoms with Gasteiger partial charge in [-0.3, -0.25) is 0 Å². The van der Waals surface area contributed by atoms with E-state index in [1.807, 2.05) is 11.8 Å². The third kappa shape index (κ3) is 5.09. The SMILES string of the molecule is CC1C[C@H](O)CS1.CCO. The first-order valence-electron chi connectivity index (χ1n) is 3.61. The number of hydrogen-bond donors (Lipinski definition) is 2. The van der Waals surface area contributed by atoms with Crippen LogP contribution in [0, 0.1) is 0 Å². The average molecular weight is 164 g/mol. The van der Waals surface area contributed by atoms with Crippen molar-refractivity contribution in [2.75, 3.05) is 12.4 Å². The van der Waals surface area contributed by atoms with E-state index in [0.717, 1.165) is 12.2 Å². The molecule has 2 N–H and O–H groups in total. The highest BCUT2D eigenvalue weighted by Crippen LogP contribution is 2.25. The molecule has 1 saturated heterocycles. The molecule has 10 heavy (non-hydrogen) atoms. The Morgan fingerprint density at radius 2 is 2.10 bits per heavy atom. The van der Waals surface area contributed by atoms with Crippen LogP contribution in [0.2, 0.25) is 0 Å². The van der Waals surface area contributed by atoms with Crippen LogP contribution in [0.25, 0.3) is 0 Å². The minimum atomic E-state index is -0.0139. The quantitative estimate of drug-likeness (QED) is 0.558. The fourth-order valence-electron chi connectivity index (χ4n) is 0.795. The van der Waals surface area contributed by atoms with Gasteiger partial charge in [0.25, 0.3) is 0 Å². The van der Waals surface area contributed by atoms with Gasteiger partial charge < -0.3 is 10.2 Å². The standard InChI is InChI=1S/C5H10OS.C2H6O/c1-4-2-5(6)3-7-4;1-2-3/h4-6H,2-3H2,1H3;3H,2H2,1H3/t4?,5-;/m0./s1. The van der Waals surface area contributed by atoms with Crippen LogP contribution >= 0.6 is 11.8 Å². The highest BCUT2D eigenvalue weighted by molar-refractivity contribution is 8.00. The molecule has 3 heteroatoms. The molecule has 1 heterocycles. The van der Waals surface area contributed by atoms with Crippen molar-refractivity contribution >= 4 is 11.8 Å². The Hall–Kier alpha value is 0.270. The van der Waals surface area contributed by atoms with Crippen LogP contribution in [0.15, 0.2) is 0 Å². The lowest BCUT2D eigenvalue weighted by Crippen LogP contribution is -2.03. The second-order valence-corrected chi connectivity index (χ2v) is 3.82. The fourth-order valence-corrected chi connectivity index (χ4v) is 1.84. The maximum atomic E-state index is 8.88. The van der Waals surface area contributed by atoms with Gasteiger partial charge in [-0.15, -0.1) is 0 Å². The van der Waals surface area contributed by atoms with Gasteiger partial charge in [-0.2, -0.15) is 11.8 Å². The number of hydrogen-bond acceptors (Lipinski definition) is 3. The Kier molecular flexibility index (Phi) is 6.17. The molecule has 1 rings (SSSR count). The first-order chi connectivity index (χ1) is 4.70. The summed E-state index contributed by atoms with van der Waals surface area (Å²) < 4.78 is 0. The van der Waals surface area contributed by atoms with E-state index in [-0.39, 0.29) is 12.7 Å². The number of aliphatic hydroxyl groups is 2. The van der Waals surface area contributed by atoms with Gasteiger partial charge in [0.15, 0.2) is 0 Å². The van der Waals surface area contributed by atoms with Crippen LogP contribution < -0.4 is 0 Å². The van der Waals surface area contributed by atoms with Crippen LogP contribution in [0.5, 0.6) is 0 Å². The van der Waals surface area contributed by atoms with Gasteiger partial charge in [0.05, 0.1) is 6.10 Å². The van der Waals surface area contributed by atoms with Crippen molar-refractivity contribution in [3.8, 4) is 0 Å². The maximum Gasteiger partial charge on any atom is 0.0641 e. The topological polar surface area (TPSA) is 40.5 Å². The molecule has 0 spiro atoms. The Labute approximate surface area is 66.6 Å². The van der Waals surface area contributed by atoms with Crippen LogP contribution in [-0.2, 0) is 0 Å². The van der Waals surface area contributed by atoms with Crippen molar-refractivity contribution in [1.29, 1.82) is 0 Å². The Balaban J connectivity index is 0.000000236. The molecule has 0 saturated carbocycles. The van der Waals surface area contributed by atoms with Crippen molar-refractivity contribution < 1.29 is 10.2 Å². The molecule has 2 nitrogen and oxygen atoms in total. The monoisotopic (exact) mass is 164 g/mol. The molecule has 0 bridgehead atoms. The largest absolute Gasteiger partial charge is 0.397 e. The van der Waals surface area contributed by atoms with Crippen molar-refractivity contribution in [3.05, 3.63) is 0 Å². The molecule has 0 aliphatic carbocycles. The molecule has 1 fully saturated rings. The predicted molar refractivity (Wildman–Crippen MR) is 45.3 cm³/mol. The van der Waals surface area contributed by atoms with Gasteiger partial charge in [-0.25, -0.2) is 0 Å². The van der Waals surface area contributed by atoms with Gasteiger partial charge in [-0.05, 0) is 13.3 Å². The van der Waals surface area contributed by atoms with E-state index < -0.39 is 0 Å². The second-order valence-electron chi connectivity index (χ2n) is 2.35. The molecular formula is C7H16O2S. The van der Waals surface area contributed by atoms with Crippen LogP contribution in [0.4, 0.5) is 0 Å². The first-order valence-corrected chi connectivity index (χ1v) is 4.66. The molecule has 0 aromatic carbocycles. The first kappa shape index (κ1) is 10.3. The Bertz CT molecular complexity index is 70.0. The van der Waals surface area contributed by atoms with Crippen molar-refractivity contribution in [2.24, 2.45) is 0 Å². The van der Waals surface area contributed by atoms with Crippen LogP contribution in [0.3, 0.4) is 0 Å². The number of thioether (sulfide) groups is 1. The smallest absolute Gasteiger partial charge is 0.0641 e. The highest BCUT2D eigenvalue weighted by atomic mass is 32.2. The molecular weight excluding hydrogens is 148 g/mol. The van der Waals surface area contributed by atoms with Crippen LogP contribution in [-0.4, -0.2) is 33.9 Å². The van der Waals surface area contributed by atoms with E-state index in [2.05, 4.69) is 6.92 Å². The molecule has 1 aliphatic heterocycles. The van der Waals surface area contributed by atoms with E-state index >= 15 is 0 Å². The van der Waals surface area contributed by atoms with Crippen molar-refractivity contribution in [1.82, 2.24) is 0 Å². The lowest BCUT2D eigenvalue weighted by atomic mass is 10.2. The maximum absolute atomic E-state index is 8.88. The highest BCUT2D eigenvalue weighted by Gasteiger charge is 2.18. The number of rotatable bonds is 0. The molecule has 1 unspecified atom stereocenters. The van der Waals surface area contributed by atoms with Gasteiger partial charge in [0, 0.05) is 17.6 Å². The van der Waals surface area contributed by atoms with Crippen molar-refractivity contribution in [3.63, 3.8) is 0 Å². The summed E-state index contributed by atoms with van der Waals surface area (Å²) in [5, 5.41) is 17.1. The van der Waals surface area contributed by atoms with E-state index in [1.165, 1.54) is 0 Å². The zero-order valence-electron chi connectivity index (χ0n) is 6.58. The van der Waals surface area contributed by atoms with E-state index in [1.54, 1.807) is 6.92 Å². The van der Waals surface area contributed by atoms with E-state index in [4.69, 9.17) is 10.2 Å². The summed E-state index contributed by atoms with van der Waals surface area (Å²) in [6.45, 7) is 4.08. The van der Waals surface area contributed by atoms with Gasteiger partial charge in [0.2, 0.25) is 0 Å². The zero-order chi connectivity index (χ0) is 7.98. The zero-order valence-corrected chi connectivity index (χ0v) is 7.40. The van der Waals surface area contributed by atoms with E-state index in [0.29, 0.717) is 5.25 Å². The van der Waals surface area contributed by atoms with E-state index in [9.17, 15) is 0 Å². The minimum Gasteiger partial charge on any atom is -0.397 e. The summed E-state index contributed by atoms with van der Waals surface area (Å²) in [5.74, 6) is 0.946. The second kappa shape index (κ2) is 6.01. The summed E-state index contributed by atoms with van der Waals surface area (Å²) >= 11 is 1.86. The summed E-state index contributed by atoms with van der Waals surface area (Å²) in [6.07, 6.45) is 0.977. The molecule has 0 amide bonds. The molecule has 0 aromatic rings. The van der Waals surface area contributed by atoms with Gasteiger partial charge in [-0.1, -0.05) is 6.92 Å². The van der Waals surface area contributed by atoms with Crippen LogP contribution in [0.1, 0.15) is 20.3 Å².